The van der Waals surface area contributed by atoms with Crippen LogP contribution in [0, 0.1) is 5.21 Å². The average molecular weight is 659 g/mol. The van der Waals surface area contributed by atoms with Crippen molar-refractivity contribution in [3.05, 3.63) is 123 Å². The van der Waals surface area contributed by atoms with Crippen LogP contribution in [0.5, 0.6) is 0 Å². The highest BCUT2D eigenvalue weighted by atomic mass is 79.9. The Morgan fingerprint density at radius 1 is 0.875 bits per heavy atom. The Labute approximate surface area is 247 Å². The Kier molecular flexibility index (Phi) is 7.48. The first-order chi connectivity index (χ1) is 19.4. The van der Waals surface area contributed by atoms with Crippen LogP contribution in [0.25, 0.3) is 22.4 Å². The molecule has 0 fully saturated rings. The molecule has 4 heterocycles. The first-order valence-corrected chi connectivity index (χ1v) is 14.3. The number of benzene rings is 2. The Bertz CT molecular complexity index is 1860. The van der Waals surface area contributed by atoms with E-state index in [1.54, 1.807) is 12.3 Å². The third kappa shape index (κ3) is 5.57. The van der Waals surface area contributed by atoms with Crippen molar-refractivity contribution >= 4 is 60.7 Å². The molecule has 4 aromatic heterocycles. The van der Waals surface area contributed by atoms with Crippen LogP contribution in [0.3, 0.4) is 0 Å². The normalized spacial score (nSPS) is 12.6. The number of aryl methyl sites for hydroxylation is 2. The van der Waals surface area contributed by atoms with Crippen molar-refractivity contribution in [1.82, 2.24) is 18.8 Å². The molecule has 8 nitrogen and oxygen atoms in total. The van der Waals surface area contributed by atoms with Crippen molar-refractivity contribution < 1.29 is 5.17 Å². The van der Waals surface area contributed by atoms with Gasteiger partial charge in [0.25, 0.3) is 0 Å². The van der Waals surface area contributed by atoms with Gasteiger partial charge < -0.3 is 15.3 Å². The van der Waals surface area contributed by atoms with E-state index in [-0.39, 0.29) is 5.17 Å². The smallest absolute Gasteiger partial charge is 0.167 e. The van der Waals surface area contributed by atoms with E-state index in [1.807, 2.05) is 65.3 Å². The average Bonchev–Trinajstić information content (AvgIpc) is 3.55. The van der Waals surface area contributed by atoms with Gasteiger partial charge in [0.15, 0.2) is 5.69 Å². The summed E-state index contributed by atoms with van der Waals surface area (Å²) in [6.07, 6.45) is 11.9. The molecule has 0 aliphatic rings. The second kappa shape index (κ2) is 11.3. The predicted octanol–water partition coefficient (Wildman–Crippen LogP) is 5.98. The van der Waals surface area contributed by atoms with Gasteiger partial charge in [0.1, 0.15) is 17.5 Å². The van der Waals surface area contributed by atoms with E-state index in [0.717, 1.165) is 50.6 Å². The number of nitrogens with zero attached hydrogens (tertiary/aromatic N) is 5. The molecule has 6 aromatic rings. The summed E-state index contributed by atoms with van der Waals surface area (Å²) in [5, 5.41) is 17.2. The van der Waals surface area contributed by atoms with Crippen LogP contribution in [0.2, 0.25) is 0 Å². The van der Waals surface area contributed by atoms with Crippen LogP contribution < -0.4 is 10.9 Å². The lowest BCUT2D eigenvalue weighted by molar-refractivity contribution is -0.782. The van der Waals surface area contributed by atoms with E-state index in [2.05, 4.69) is 69.7 Å². The third-order valence-electron chi connectivity index (χ3n) is 6.77. The third-order valence-corrected chi connectivity index (χ3v) is 7.71. The molecule has 40 heavy (non-hydrogen) atoms. The Morgan fingerprint density at radius 2 is 1.62 bits per heavy atom. The number of nitrogens with two attached hydrogens (primary N) is 1. The molecule has 1 unspecified atom stereocenters. The highest BCUT2D eigenvalue weighted by Crippen LogP contribution is 2.29. The molecule has 0 aliphatic carbocycles. The number of halogens is 2. The van der Waals surface area contributed by atoms with E-state index in [9.17, 15) is 5.21 Å². The van der Waals surface area contributed by atoms with E-state index >= 15 is 0 Å². The molecule has 6 rings (SSSR count). The number of nitrogens with one attached hydrogen (secondary N) is 1. The molecule has 200 valence electrons. The highest BCUT2D eigenvalue weighted by molar-refractivity contribution is 9.10. The zero-order chi connectivity index (χ0) is 27.6. The van der Waals surface area contributed by atoms with Crippen LogP contribution in [-0.2, 0) is 12.8 Å². The lowest BCUT2D eigenvalue weighted by Gasteiger charge is -2.18. The van der Waals surface area contributed by atoms with Gasteiger partial charge in [-0.1, -0.05) is 29.4 Å². The monoisotopic (exact) mass is 657 g/mol. The summed E-state index contributed by atoms with van der Waals surface area (Å²) in [7, 11) is 0. The largest absolute Gasteiger partial charge is 0.601 e. The SMILES string of the molecule is Nc1ccc(-c2cccc(CCCc3cnc4ccc(Br)cn34)c2)c([NH+]([O-])/N=C/c2cnc3ccc(Br)cn23)c1. The van der Waals surface area contributed by atoms with Crippen LogP contribution in [0.4, 0.5) is 11.4 Å². The standard InChI is InChI=1S/C30H25Br2N7O/c31-22-7-11-29-34-15-25(37(29)18-22)6-2-4-20-3-1-5-21(13-20)27-10-9-24(33)14-28(27)39(40)36-17-26-16-35-30-12-8-23(32)19-38(26)30/h1,3,5,7-19,39H,2,4,6,33H2/b36-17+. The van der Waals surface area contributed by atoms with Crippen molar-refractivity contribution in [1.29, 1.82) is 0 Å². The molecule has 10 heteroatoms. The zero-order valence-corrected chi connectivity index (χ0v) is 24.5. The van der Waals surface area contributed by atoms with Crippen molar-refractivity contribution in [2.24, 2.45) is 5.10 Å². The summed E-state index contributed by atoms with van der Waals surface area (Å²) in [5.74, 6) is 0. The number of fused-ring (bicyclic) bond motifs is 2. The van der Waals surface area contributed by atoms with Crippen LogP contribution in [0.1, 0.15) is 23.4 Å². The molecular weight excluding hydrogens is 634 g/mol. The summed E-state index contributed by atoms with van der Waals surface area (Å²) in [6.45, 7) is 0. The summed E-state index contributed by atoms with van der Waals surface area (Å²) in [5.41, 5.74) is 13.6. The molecular formula is C30H25Br2N7O. The molecule has 0 bridgehead atoms. The van der Waals surface area contributed by atoms with E-state index in [1.165, 1.54) is 17.5 Å². The number of rotatable bonds is 8. The molecule has 0 radical (unpaired) electrons. The fourth-order valence-electron chi connectivity index (χ4n) is 4.81. The number of nitrogen functional groups attached to an aromatic ring is 1. The maximum atomic E-state index is 13.3. The van der Waals surface area contributed by atoms with Gasteiger partial charge in [-0.2, -0.15) is 0 Å². The van der Waals surface area contributed by atoms with Gasteiger partial charge in [-0.05, 0) is 98.6 Å². The molecule has 3 N–H and O–H groups in total. The first kappa shape index (κ1) is 26.4. The van der Waals surface area contributed by atoms with Gasteiger partial charge >= 0.3 is 0 Å². The minimum absolute atomic E-state index is 0.364. The maximum absolute atomic E-state index is 13.3. The molecule has 1 atom stereocenters. The maximum Gasteiger partial charge on any atom is 0.167 e. The van der Waals surface area contributed by atoms with Gasteiger partial charge in [-0.3, -0.25) is 4.40 Å². The molecule has 0 saturated carbocycles. The van der Waals surface area contributed by atoms with Crippen LogP contribution in [0.15, 0.2) is 106 Å². The molecule has 0 spiro atoms. The number of pyridine rings is 2. The molecule has 0 saturated heterocycles. The number of hydrogen-bond donors (Lipinski definition) is 2. The predicted molar refractivity (Wildman–Crippen MR) is 166 cm³/mol. The summed E-state index contributed by atoms with van der Waals surface area (Å²) >= 11 is 7.02. The minimum atomic E-state index is -0.364. The van der Waals surface area contributed by atoms with Gasteiger partial charge in [-0.15, -0.1) is 0 Å². The zero-order valence-electron chi connectivity index (χ0n) is 21.3. The fourth-order valence-corrected chi connectivity index (χ4v) is 5.49. The Morgan fingerprint density at radius 3 is 2.45 bits per heavy atom. The molecule has 0 amide bonds. The highest BCUT2D eigenvalue weighted by Gasteiger charge is 2.14. The van der Waals surface area contributed by atoms with E-state index in [4.69, 9.17) is 5.73 Å². The topological polar surface area (TPSA) is 100 Å². The van der Waals surface area contributed by atoms with Gasteiger partial charge in [0, 0.05) is 50.5 Å². The second-order valence-corrected chi connectivity index (χ2v) is 11.3. The number of anilines is 1. The van der Waals surface area contributed by atoms with E-state index in [0.29, 0.717) is 17.1 Å². The Balaban J connectivity index is 1.21. The molecule has 2 aromatic carbocycles. The number of hydrogen-bond acceptors (Lipinski definition) is 5. The van der Waals surface area contributed by atoms with Gasteiger partial charge in [0.05, 0.1) is 11.9 Å². The summed E-state index contributed by atoms with van der Waals surface area (Å²) < 4.78 is 5.93. The summed E-state index contributed by atoms with van der Waals surface area (Å²) in [4.78, 5) is 8.88. The number of imidazole rings is 2. The number of quaternary nitrogens is 1. The van der Waals surface area contributed by atoms with Gasteiger partial charge in [0.2, 0.25) is 0 Å². The van der Waals surface area contributed by atoms with Crippen molar-refractivity contribution in [2.75, 3.05) is 5.73 Å². The fraction of sp³-hybridized carbons (Fsp3) is 0.100. The van der Waals surface area contributed by atoms with Crippen LogP contribution in [-0.4, -0.2) is 25.0 Å². The quantitative estimate of drug-likeness (QED) is 0.119. The second-order valence-electron chi connectivity index (χ2n) is 9.51. The van der Waals surface area contributed by atoms with Crippen molar-refractivity contribution in [3.8, 4) is 11.1 Å². The lowest BCUT2D eigenvalue weighted by atomic mass is 9.98. The first-order valence-electron chi connectivity index (χ1n) is 12.8. The minimum Gasteiger partial charge on any atom is -0.601 e. The molecule has 0 aliphatic heterocycles. The van der Waals surface area contributed by atoms with Gasteiger partial charge in [-0.25, -0.2) is 15.1 Å². The van der Waals surface area contributed by atoms with Crippen molar-refractivity contribution in [3.63, 3.8) is 0 Å². The number of aromatic nitrogens is 4. The van der Waals surface area contributed by atoms with Crippen molar-refractivity contribution in [2.45, 2.75) is 19.3 Å². The Hall–Kier alpha value is -3.83. The summed E-state index contributed by atoms with van der Waals surface area (Å²) in [6, 6.07) is 21.5. The van der Waals surface area contributed by atoms with Crippen LogP contribution >= 0.6 is 31.9 Å². The van der Waals surface area contributed by atoms with E-state index < -0.39 is 0 Å². The lowest BCUT2D eigenvalue weighted by Crippen LogP contribution is -2.96.